The second-order valence-corrected chi connectivity index (χ2v) is 6.15. The first-order chi connectivity index (χ1) is 12.8. The van der Waals surface area contributed by atoms with Gasteiger partial charge in [-0.1, -0.05) is 24.3 Å². The maximum atomic E-state index is 5.41. The fraction of sp³-hybridized carbons (Fsp3) is 0.250. The lowest BCUT2D eigenvalue weighted by Gasteiger charge is -2.12. The van der Waals surface area contributed by atoms with E-state index in [4.69, 9.17) is 9.47 Å². The fourth-order valence-corrected chi connectivity index (χ4v) is 3.11. The van der Waals surface area contributed by atoms with Crippen LogP contribution in [0.2, 0.25) is 0 Å². The molecule has 0 amide bonds. The van der Waals surface area contributed by atoms with Gasteiger partial charge in [0.2, 0.25) is 6.79 Å². The van der Waals surface area contributed by atoms with Crippen LogP contribution in [-0.4, -0.2) is 31.3 Å². The Hall–Kier alpha value is -3.15. The van der Waals surface area contributed by atoms with E-state index in [9.17, 15) is 0 Å². The van der Waals surface area contributed by atoms with E-state index in [2.05, 4.69) is 45.0 Å². The van der Waals surface area contributed by atoms with Gasteiger partial charge in [-0.25, -0.2) is 0 Å². The smallest absolute Gasteiger partial charge is 0.231 e. The highest BCUT2D eigenvalue weighted by atomic mass is 16.7. The first-order valence-corrected chi connectivity index (χ1v) is 8.71. The van der Waals surface area contributed by atoms with Crippen molar-refractivity contribution in [2.75, 3.05) is 20.4 Å². The summed E-state index contributed by atoms with van der Waals surface area (Å²) in [4.78, 5) is 7.60. The number of guanidine groups is 1. The highest BCUT2D eigenvalue weighted by molar-refractivity contribution is 5.83. The summed E-state index contributed by atoms with van der Waals surface area (Å²) in [6.45, 7) is 1.77. The molecule has 0 bridgehead atoms. The van der Waals surface area contributed by atoms with Gasteiger partial charge >= 0.3 is 0 Å². The average Bonchev–Trinajstić information content (AvgIpc) is 3.31. The van der Waals surface area contributed by atoms with Crippen LogP contribution in [0.1, 0.15) is 11.1 Å². The molecule has 0 saturated heterocycles. The minimum absolute atomic E-state index is 0.295. The van der Waals surface area contributed by atoms with Crippen molar-refractivity contribution in [3.05, 3.63) is 59.8 Å². The molecule has 0 saturated carbocycles. The molecule has 3 aromatic rings. The number of rotatable bonds is 5. The molecule has 0 unspecified atom stereocenters. The molecule has 1 aliphatic rings. The highest BCUT2D eigenvalue weighted by Crippen LogP contribution is 2.32. The van der Waals surface area contributed by atoms with Gasteiger partial charge in [0.1, 0.15) is 0 Å². The molecule has 0 radical (unpaired) electrons. The molecule has 26 heavy (non-hydrogen) atoms. The van der Waals surface area contributed by atoms with Crippen molar-refractivity contribution in [3.63, 3.8) is 0 Å². The van der Waals surface area contributed by atoms with Gasteiger partial charge in [-0.3, -0.25) is 4.99 Å². The van der Waals surface area contributed by atoms with E-state index in [1.165, 1.54) is 16.5 Å². The number of H-pyrrole nitrogens is 1. The van der Waals surface area contributed by atoms with Crippen molar-refractivity contribution in [2.24, 2.45) is 4.99 Å². The Kier molecular flexibility index (Phi) is 4.64. The first-order valence-electron chi connectivity index (χ1n) is 8.71. The summed E-state index contributed by atoms with van der Waals surface area (Å²) >= 11 is 0. The second-order valence-electron chi connectivity index (χ2n) is 6.15. The van der Waals surface area contributed by atoms with Gasteiger partial charge in [0, 0.05) is 37.2 Å². The Morgan fingerprint density at radius 1 is 1.12 bits per heavy atom. The van der Waals surface area contributed by atoms with Gasteiger partial charge in [-0.05, 0) is 35.7 Å². The topological polar surface area (TPSA) is 70.7 Å². The maximum absolute atomic E-state index is 5.41. The molecular formula is C20H22N4O2. The largest absolute Gasteiger partial charge is 0.454 e. The molecule has 0 spiro atoms. The van der Waals surface area contributed by atoms with Gasteiger partial charge in [0.15, 0.2) is 17.5 Å². The van der Waals surface area contributed by atoms with E-state index < -0.39 is 0 Å². The number of benzene rings is 2. The standard InChI is InChI=1S/C20H22N4O2/c1-21-20(24-11-14-6-7-18-19(10-14)26-13-25-18)22-9-8-15-12-23-17-5-3-2-4-16(15)17/h2-7,10,12,23H,8-9,11,13H2,1H3,(H2,21,22,24). The lowest BCUT2D eigenvalue weighted by molar-refractivity contribution is 0.174. The molecule has 3 N–H and O–H groups in total. The molecule has 0 fully saturated rings. The molecule has 4 rings (SSSR count). The van der Waals surface area contributed by atoms with Crippen LogP contribution in [0, 0.1) is 0 Å². The van der Waals surface area contributed by atoms with E-state index in [1.807, 2.05) is 24.3 Å². The fourth-order valence-electron chi connectivity index (χ4n) is 3.11. The van der Waals surface area contributed by atoms with Crippen molar-refractivity contribution in [1.82, 2.24) is 15.6 Å². The molecular weight excluding hydrogens is 328 g/mol. The molecule has 1 aliphatic heterocycles. The van der Waals surface area contributed by atoms with E-state index in [0.29, 0.717) is 13.3 Å². The van der Waals surface area contributed by atoms with Crippen LogP contribution in [0.4, 0.5) is 0 Å². The first kappa shape index (κ1) is 16.3. The highest BCUT2D eigenvalue weighted by Gasteiger charge is 2.13. The van der Waals surface area contributed by atoms with E-state index >= 15 is 0 Å². The monoisotopic (exact) mass is 350 g/mol. The number of nitrogens with one attached hydrogen (secondary N) is 3. The van der Waals surface area contributed by atoms with Crippen LogP contribution >= 0.6 is 0 Å². The molecule has 6 nitrogen and oxygen atoms in total. The van der Waals surface area contributed by atoms with Crippen LogP contribution in [0.15, 0.2) is 53.7 Å². The van der Waals surface area contributed by atoms with E-state index in [0.717, 1.165) is 36.0 Å². The zero-order chi connectivity index (χ0) is 17.8. The van der Waals surface area contributed by atoms with E-state index in [1.54, 1.807) is 7.05 Å². The van der Waals surface area contributed by atoms with Gasteiger partial charge in [0.05, 0.1) is 0 Å². The van der Waals surface area contributed by atoms with Crippen molar-refractivity contribution in [3.8, 4) is 11.5 Å². The van der Waals surface area contributed by atoms with Crippen molar-refractivity contribution >= 4 is 16.9 Å². The predicted octanol–water partition coefficient (Wildman–Crippen LogP) is 2.80. The quantitative estimate of drug-likeness (QED) is 0.489. The number of hydrogen-bond acceptors (Lipinski definition) is 3. The Balaban J connectivity index is 1.29. The average molecular weight is 350 g/mol. The summed E-state index contributed by atoms with van der Waals surface area (Å²) in [5.74, 6) is 2.38. The van der Waals surface area contributed by atoms with Crippen LogP contribution in [-0.2, 0) is 13.0 Å². The van der Waals surface area contributed by atoms with Crippen molar-refractivity contribution < 1.29 is 9.47 Å². The zero-order valence-electron chi connectivity index (χ0n) is 14.7. The number of aromatic nitrogens is 1. The van der Waals surface area contributed by atoms with Crippen LogP contribution < -0.4 is 20.1 Å². The van der Waals surface area contributed by atoms with Gasteiger partial charge in [-0.2, -0.15) is 0 Å². The SMILES string of the molecule is CN=C(NCCc1c[nH]c2ccccc12)NCc1ccc2c(c1)OCO2. The Labute approximate surface area is 152 Å². The lowest BCUT2D eigenvalue weighted by atomic mass is 10.1. The molecule has 6 heteroatoms. The lowest BCUT2D eigenvalue weighted by Crippen LogP contribution is -2.37. The molecule has 0 aliphatic carbocycles. The summed E-state index contributed by atoms with van der Waals surface area (Å²) in [5, 5.41) is 7.97. The van der Waals surface area contributed by atoms with Crippen LogP contribution in [0.5, 0.6) is 11.5 Å². The Bertz CT molecular complexity index is 932. The number of para-hydroxylation sites is 1. The third-order valence-corrected chi connectivity index (χ3v) is 4.48. The normalized spacial score (nSPS) is 13.2. The summed E-state index contributed by atoms with van der Waals surface area (Å²) < 4.78 is 10.8. The second kappa shape index (κ2) is 7.39. The molecule has 1 aromatic heterocycles. The minimum atomic E-state index is 0.295. The van der Waals surface area contributed by atoms with Gasteiger partial charge in [-0.15, -0.1) is 0 Å². The summed E-state index contributed by atoms with van der Waals surface area (Å²) in [5.41, 5.74) is 3.60. The maximum Gasteiger partial charge on any atom is 0.231 e. The number of fused-ring (bicyclic) bond motifs is 2. The van der Waals surface area contributed by atoms with Crippen LogP contribution in [0.25, 0.3) is 10.9 Å². The molecule has 0 atom stereocenters. The molecule has 2 aromatic carbocycles. The third kappa shape index (κ3) is 3.44. The number of aliphatic imine (C=N–C) groups is 1. The third-order valence-electron chi connectivity index (χ3n) is 4.48. The number of aromatic amines is 1. The number of ether oxygens (including phenoxy) is 2. The number of nitrogens with zero attached hydrogens (tertiary/aromatic N) is 1. The Morgan fingerprint density at radius 2 is 2.00 bits per heavy atom. The van der Waals surface area contributed by atoms with Gasteiger partial charge < -0.3 is 25.1 Å². The summed E-state index contributed by atoms with van der Waals surface area (Å²) in [6, 6.07) is 14.3. The van der Waals surface area contributed by atoms with Crippen molar-refractivity contribution in [1.29, 1.82) is 0 Å². The molecule has 134 valence electrons. The minimum Gasteiger partial charge on any atom is -0.454 e. The summed E-state index contributed by atoms with van der Waals surface area (Å²) in [7, 11) is 1.78. The van der Waals surface area contributed by atoms with E-state index in [-0.39, 0.29) is 0 Å². The number of hydrogen-bond donors (Lipinski definition) is 3. The van der Waals surface area contributed by atoms with Crippen LogP contribution in [0.3, 0.4) is 0 Å². The molecule has 2 heterocycles. The van der Waals surface area contributed by atoms with Gasteiger partial charge in [0.25, 0.3) is 0 Å². The predicted molar refractivity (Wildman–Crippen MR) is 103 cm³/mol. The van der Waals surface area contributed by atoms with Crippen molar-refractivity contribution in [2.45, 2.75) is 13.0 Å². The summed E-state index contributed by atoms with van der Waals surface area (Å²) in [6.07, 6.45) is 3.00. The zero-order valence-corrected chi connectivity index (χ0v) is 14.7. The Morgan fingerprint density at radius 3 is 2.92 bits per heavy atom.